The van der Waals surface area contributed by atoms with Gasteiger partial charge in [-0.1, -0.05) is 6.07 Å². The van der Waals surface area contributed by atoms with E-state index < -0.39 is 34.8 Å². The van der Waals surface area contributed by atoms with Gasteiger partial charge in [0.2, 0.25) is 11.7 Å². The highest BCUT2D eigenvalue weighted by molar-refractivity contribution is 5.94. The number of ether oxygens (including phenoxy) is 1. The number of likely N-dealkylation sites (tertiary alicyclic amines) is 1. The number of methoxy groups -OCH3 is 1. The van der Waals surface area contributed by atoms with Gasteiger partial charge in [-0.05, 0) is 18.9 Å². The molecule has 0 bridgehead atoms. The van der Waals surface area contributed by atoms with E-state index in [4.69, 9.17) is 4.74 Å². The molecule has 0 radical (unpaired) electrons. The molecule has 160 valence electrons. The van der Waals surface area contributed by atoms with E-state index in [9.17, 15) is 23.9 Å². The summed E-state index contributed by atoms with van der Waals surface area (Å²) in [5.41, 5.74) is -0.696. The van der Waals surface area contributed by atoms with Crippen LogP contribution in [0.25, 0.3) is 0 Å². The zero-order chi connectivity index (χ0) is 22.0. The summed E-state index contributed by atoms with van der Waals surface area (Å²) in [5.74, 6) is -1.71. The second-order valence-electron chi connectivity index (χ2n) is 7.04. The molecule has 2 N–H and O–H groups in total. The van der Waals surface area contributed by atoms with E-state index in [1.165, 1.54) is 39.3 Å². The van der Waals surface area contributed by atoms with Crippen molar-refractivity contribution in [3.63, 3.8) is 0 Å². The Kier molecular flexibility index (Phi) is 6.04. The molecule has 2 amide bonds. The van der Waals surface area contributed by atoms with Crippen molar-refractivity contribution in [2.45, 2.75) is 32.4 Å². The minimum atomic E-state index is -0.780. The predicted octanol–water partition coefficient (Wildman–Crippen LogP) is 1.25. The van der Waals surface area contributed by atoms with Crippen LogP contribution in [-0.4, -0.2) is 45.0 Å². The third-order valence-electron chi connectivity index (χ3n) is 5.16. The minimum Gasteiger partial charge on any atom is -0.501 e. The fourth-order valence-electron chi connectivity index (χ4n) is 3.60. The summed E-state index contributed by atoms with van der Waals surface area (Å²) in [7, 11) is 2.81. The van der Waals surface area contributed by atoms with E-state index in [2.05, 4.69) is 10.3 Å². The summed E-state index contributed by atoms with van der Waals surface area (Å²) in [6.07, 6.45) is 1.34. The van der Waals surface area contributed by atoms with Crippen LogP contribution >= 0.6 is 0 Å². The lowest BCUT2D eigenvalue weighted by atomic mass is 10.1. The Hall–Kier alpha value is -3.43. The standard InChI is InChI=1S/C20H23FN4O5/c1-11(26)25-8-4-5-14(25)18-23-16(17(27)20(29)24(18)2)19(28)22-10-12-6-7-13(21)9-15(12)30-3/h6-7,9,14,27H,4-5,8,10H2,1-3H3,(H,22,28)/t14-/m0/s1. The first kappa shape index (κ1) is 21.3. The van der Waals surface area contributed by atoms with E-state index in [0.717, 1.165) is 11.0 Å². The van der Waals surface area contributed by atoms with Crippen molar-refractivity contribution in [1.29, 1.82) is 0 Å². The van der Waals surface area contributed by atoms with E-state index in [1.807, 2.05) is 0 Å². The monoisotopic (exact) mass is 418 g/mol. The second kappa shape index (κ2) is 8.52. The molecule has 1 fully saturated rings. The van der Waals surface area contributed by atoms with Crippen LogP contribution in [0.1, 0.15) is 47.7 Å². The lowest BCUT2D eigenvalue weighted by Gasteiger charge is -2.24. The molecule has 3 rings (SSSR count). The minimum absolute atomic E-state index is 0.0308. The molecule has 1 atom stereocenters. The number of halogens is 1. The van der Waals surface area contributed by atoms with Gasteiger partial charge in [-0.15, -0.1) is 0 Å². The molecule has 0 spiro atoms. The lowest BCUT2D eigenvalue weighted by molar-refractivity contribution is -0.129. The normalized spacial score (nSPS) is 15.9. The number of nitrogens with zero attached hydrogens (tertiary/aromatic N) is 3. The molecule has 10 heteroatoms. The van der Waals surface area contributed by atoms with Crippen LogP contribution in [0.15, 0.2) is 23.0 Å². The van der Waals surface area contributed by atoms with E-state index in [-0.39, 0.29) is 24.0 Å². The van der Waals surface area contributed by atoms with Gasteiger partial charge in [0, 0.05) is 38.7 Å². The first-order chi connectivity index (χ1) is 14.2. The topological polar surface area (TPSA) is 114 Å². The highest BCUT2D eigenvalue weighted by Crippen LogP contribution is 2.31. The molecule has 1 aliphatic rings. The Morgan fingerprint density at radius 3 is 2.80 bits per heavy atom. The van der Waals surface area contributed by atoms with Crippen LogP contribution in [0.5, 0.6) is 11.5 Å². The summed E-state index contributed by atoms with van der Waals surface area (Å²) >= 11 is 0. The number of hydrogen-bond acceptors (Lipinski definition) is 6. The van der Waals surface area contributed by atoms with Crippen molar-refractivity contribution >= 4 is 11.8 Å². The predicted molar refractivity (Wildman–Crippen MR) is 105 cm³/mol. The maximum atomic E-state index is 13.3. The van der Waals surface area contributed by atoms with Gasteiger partial charge in [0.1, 0.15) is 17.4 Å². The molecule has 1 aliphatic heterocycles. The molecule has 1 saturated heterocycles. The maximum Gasteiger partial charge on any atom is 0.296 e. The van der Waals surface area contributed by atoms with Gasteiger partial charge in [-0.3, -0.25) is 19.0 Å². The second-order valence-corrected chi connectivity index (χ2v) is 7.04. The summed E-state index contributed by atoms with van der Waals surface area (Å²) in [6, 6.07) is 3.42. The van der Waals surface area contributed by atoms with Crippen molar-refractivity contribution in [2.75, 3.05) is 13.7 Å². The number of benzene rings is 1. The number of nitrogens with one attached hydrogen (secondary N) is 1. The lowest BCUT2D eigenvalue weighted by Crippen LogP contribution is -2.35. The zero-order valence-electron chi connectivity index (χ0n) is 16.9. The van der Waals surface area contributed by atoms with Crippen LogP contribution in [-0.2, 0) is 18.4 Å². The van der Waals surface area contributed by atoms with Crippen LogP contribution in [0.4, 0.5) is 4.39 Å². The molecule has 2 heterocycles. The quantitative estimate of drug-likeness (QED) is 0.756. The molecular formula is C20H23FN4O5. The molecule has 1 aromatic carbocycles. The van der Waals surface area contributed by atoms with Crippen molar-refractivity contribution in [2.24, 2.45) is 7.05 Å². The SMILES string of the molecule is COc1cc(F)ccc1CNC(=O)c1nc([C@@H]2CCCN2C(C)=O)n(C)c(=O)c1O. The van der Waals surface area contributed by atoms with E-state index in [0.29, 0.717) is 18.5 Å². The fourth-order valence-corrected chi connectivity index (χ4v) is 3.60. The van der Waals surface area contributed by atoms with Crippen molar-refractivity contribution in [1.82, 2.24) is 19.8 Å². The van der Waals surface area contributed by atoms with E-state index >= 15 is 0 Å². The van der Waals surface area contributed by atoms with Crippen LogP contribution < -0.4 is 15.6 Å². The Bertz CT molecular complexity index is 1050. The first-order valence-electron chi connectivity index (χ1n) is 9.42. The molecule has 0 aliphatic carbocycles. The average Bonchev–Trinajstić information content (AvgIpc) is 3.21. The van der Waals surface area contributed by atoms with Gasteiger partial charge in [0.05, 0.1) is 13.2 Å². The number of carbonyl (C=O) groups is 2. The largest absolute Gasteiger partial charge is 0.501 e. The average molecular weight is 418 g/mol. The summed E-state index contributed by atoms with van der Waals surface area (Å²) in [6.45, 7) is 1.93. The summed E-state index contributed by atoms with van der Waals surface area (Å²) < 4.78 is 19.6. The molecule has 0 saturated carbocycles. The first-order valence-corrected chi connectivity index (χ1v) is 9.42. The highest BCUT2D eigenvalue weighted by atomic mass is 19.1. The van der Waals surface area contributed by atoms with Crippen molar-refractivity contribution in [3.05, 3.63) is 51.5 Å². The smallest absolute Gasteiger partial charge is 0.296 e. The van der Waals surface area contributed by atoms with Crippen LogP contribution in [0.3, 0.4) is 0 Å². The van der Waals surface area contributed by atoms with Gasteiger partial charge >= 0.3 is 0 Å². The Morgan fingerprint density at radius 1 is 1.40 bits per heavy atom. The zero-order valence-corrected chi connectivity index (χ0v) is 16.9. The van der Waals surface area contributed by atoms with E-state index in [1.54, 1.807) is 4.90 Å². The van der Waals surface area contributed by atoms with Crippen molar-refractivity contribution in [3.8, 4) is 11.5 Å². The third-order valence-corrected chi connectivity index (χ3v) is 5.16. The van der Waals surface area contributed by atoms with Crippen LogP contribution in [0.2, 0.25) is 0 Å². The molecule has 2 aromatic rings. The summed E-state index contributed by atoms with van der Waals surface area (Å²) in [4.78, 5) is 42.9. The highest BCUT2D eigenvalue weighted by Gasteiger charge is 2.33. The summed E-state index contributed by atoms with van der Waals surface area (Å²) in [5, 5.41) is 12.8. The van der Waals surface area contributed by atoms with Crippen molar-refractivity contribution < 1.29 is 23.8 Å². The number of hydrogen-bond donors (Lipinski definition) is 2. The third kappa shape index (κ3) is 3.98. The maximum absolute atomic E-state index is 13.3. The van der Waals surface area contributed by atoms with Gasteiger partial charge < -0.3 is 20.1 Å². The Labute approximate surface area is 172 Å². The fraction of sp³-hybridized carbons (Fsp3) is 0.400. The van der Waals surface area contributed by atoms with Gasteiger partial charge in [-0.2, -0.15) is 0 Å². The molecule has 30 heavy (non-hydrogen) atoms. The molecular weight excluding hydrogens is 395 g/mol. The van der Waals surface area contributed by atoms with Gasteiger partial charge in [0.15, 0.2) is 5.69 Å². The molecule has 9 nitrogen and oxygen atoms in total. The number of aromatic nitrogens is 2. The number of aromatic hydroxyl groups is 1. The van der Waals surface area contributed by atoms with Crippen LogP contribution in [0, 0.1) is 5.82 Å². The Balaban J connectivity index is 1.90. The number of rotatable bonds is 5. The number of amides is 2. The number of carbonyl (C=O) groups excluding carboxylic acids is 2. The Morgan fingerprint density at radius 2 is 2.13 bits per heavy atom. The molecule has 1 aromatic heterocycles. The van der Waals surface area contributed by atoms with Gasteiger partial charge in [-0.25, -0.2) is 9.37 Å². The van der Waals surface area contributed by atoms with Gasteiger partial charge in [0.25, 0.3) is 11.5 Å². The molecule has 0 unspecified atom stereocenters.